The van der Waals surface area contributed by atoms with Gasteiger partial charge in [-0.05, 0) is 36.5 Å². The molecule has 0 amide bonds. The van der Waals surface area contributed by atoms with Gasteiger partial charge in [-0.2, -0.15) is 0 Å². The summed E-state index contributed by atoms with van der Waals surface area (Å²) >= 11 is 0. The second kappa shape index (κ2) is 15.0. The summed E-state index contributed by atoms with van der Waals surface area (Å²) in [7, 11) is 0. The molecule has 4 nitrogen and oxygen atoms in total. The summed E-state index contributed by atoms with van der Waals surface area (Å²) in [6.45, 7) is 13.4. The lowest BCUT2D eigenvalue weighted by atomic mass is 9.89. The second-order valence-electron chi connectivity index (χ2n) is 9.74. The molecule has 156 valence electrons. The van der Waals surface area contributed by atoms with Crippen LogP contribution in [0.15, 0.2) is 0 Å². The van der Waals surface area contributed by atoms with Crippen LogP contribution in [-0.4, -0.2) is 22.2 Å². The number of carbonyl (C=O) groups is 2. The van der Waals surface area contributed by atoms with E-state index in [0.717, 1.165) is 32.1 Å². The third-order valence-electron chi connectivity index (χ3n) is 4.13. The Morgan fingerprint density at radius 1 is 0.538 bits per heavy atom. The van der Waals surface area contributed by atoms with Gasteiger partial charge in [0.05, 0.1) is 0 Å². The van der Waals surface area contributed by atoms with E-state index in [1.165, 1.54) is 32.1 Å². The van der Waals surface area contributed by atoms with E-state index in [9.17, 15) is 9.59 Å². The Labute approximate surface area is 161 Å². The van der Waals surface area contributed by atoms with Crippen LogP contribution in [0.25, 0.3) is 0 Å². The first-order valence-corrected chi connectivity index (χ1v) is 10.3. The van der Waals surface area contributed by atoms with Crippen LogP contribution in [0.5, 0.6) is 0 Å². The first kappa shape index (κ1) is 27.2. The predicted molar refractivity (Wildman–Crippen MR) is 110 cm³/mol. The number of hydrogen-bond acceptors (Lipinski definition) is 2. The molecule has 0 fully saturated rings. The molecule has 0 bridgehead atoms. The van der Waals surface area contributed by atoms with Crippen LogP contribution in [-0.2, 0) is 9.59 Å². The highest BCUT2D eigenvalue weighted by molar-refractivity contribution is 5.66. The van der Waals surface area contributed by atoms with Crippen LogP contribution in [0.1, 0.15) is 119 Å². The maximum absolute atomic E-state index is 10.2. The molecule has 0 aromatic heterocycles. The first-order valence-electron chi connectivity index (χ1n) is 10.3. The van der Waals surface area contributed by atoms with Crippen LogP contribution in [0.4, 0.5) is 0 Å². The van der Waals surface area contributed by atoms with Gasteiger partial charge in [-0.3, -0.25) is 9.59 Å². The van der Waals surface area contributed by atoms with Crippen molar-refractivity contribution in [1.82, 2.24) is 0 Å². The van der Waals surface area contributed by atoms with Crippen molar-refractivity contribution < 1.29 is 19.8 Å². The summed E-state index contributed by atoms with van der Waals surface area (Å²) in [4.78, 5) is 20.4. The summed E-state index contributed by atoms with van der Waals surface area (Å²) < 4.78 is 0. The van der Waals surface area contributed by atoms with E-state index < -0.39 is 11.9 Å². The minimum absolute atomic E-state index is 0.324. The third kappa shape index (κ3) is 30.8. The van der Waals surface area contributed by atoms with Gasteiger partial charge in [-0.1, -0.05) is 80.1 Å². The summed E-state index contributed by atoms with van der Waals surface area (Å²) in [5.74, 6) is -1.34. The lowest BCUT2D eigenvalue weighted by molar-refractivity contribution is -0.138. The fourth-order valence-electron chi connectivity index (χ4n) is 2.57. The van der Waals surface area contributed by atoms with Crippen LogP contribution in [0.2, 0.25) is 0 Å². The molecular formula is C22H44O4. The minimum Gasteiger partial charge on any atom is -0.481 e. The average molecular weight is 373 g/mol. The van der Waals surface area contributed by atoms with E-state index in [0.29, 0.717) is 23.7 Å². The molecule has 0 atom stereocenters. The van der Waals surface area contributed by atoms with Crippen molar-refractivity contribution in [3.63, 3.8) is 0 Å². The molecule has 0 spiro atoms. The van der Waals surface area contributed by atoms with Gasteiger partial charge in [-0.25, -0.2) is 0 Å². The molecule has 0 aliphatic heterocycles. The van der Waals surface area contributed by atoms with E-state index in [2.05, 4.69) is 41.5 Å². The highest BCUT2D eigenvalue weighted by Gasteiger charge is 2.09. The first-order chi connectivity index (χ1) is 11.8. The van der Waals surface area contributed by atoms with Crippen molar-refractivity contribution in [2.24, 2.45) is 10.8 Å². The largest absolute Gasteiger partial charge is 0.481 e. The van der Waals surface area contributed by atoms with E-state index >= 15 is 0 Å². The maximum atomic E-state index is 10.2. The van der Waals surface area contributed by atoms with Gasteiger partial charge >= 0.3 is 11.9 Å². The third-order valence-corrected chi connectivity index (χ3v) is 4.13. The standard InChI is InChI=1S/C12H24O2.C10H20O2/c1-12(2,3)10-8-6-4-5-7-9-11(13)14;1-10(2,3)8-6-4-5-7-9(11)12/h4-10H2,1-3H3,(H,13,14);4-8H2,1-3H3,(H,11,12). The van der Waals surface area contributed by atoms with Crippen molar-refractivity contribution in [3.8, 4) is 0 Å². The zero-order valence-electron chi connectivity index (χ0n) is 18.2. The molecule has 0 saturated carbocycles. The highest BCUT2D eigenvalue weighted by atomic mass is 16.4. The van der Waals surface area contributed by atoms with Crippen LogP contribution in [0, 0.1) is 10.8 Å². The van der Waals surface area contributed by atoms with E-state index in [4.69, 9.17) is 10.2 Å². The Kier molecular flexibility index (Phi) is 15.7. The number of hydrogen-bond donors (Lipinski definition) is 2. The molecule has 0 unspecified atom stereocenters. The predicted octanol–water partition coefficient (Wildman–Crippen LogP) is 6.92. The van der Waals surface area contributed by atoms with Gasteiger partial charge in [0.25, 0.3) is 0 Å². The topological polar surface area (TPSA) is 74.6 Å². The van der Waals surface area contributed by atoms with Crippen LogP contribution in [0.3, 0.4) is 0 Å². The second-order valence-corrected chi connectivity index (χ2v) is 9.74. The molecule has 0 aliphatic carbocycles. The van der Waals surface area contributed by atoms with Gasteiger partial charge in [-0.15, -0.1) is 0 Å². The lowest BCUT2D eigenvalue weighted by Gasteiger charge is -2.17. The SMILES string of the molecule is CC(C)(C)CCCCCC(=O)O.CC(C)(C)CCCCCCCC(=O)O. The van der Waals surface area contributed by atoms with Crippen LogP contribution < -0.4 is 0 Å². The number of rotatable bonds is 12. The van der Waals surface area contributed by atoms with Gasteiger partial charge in [0, 0.05) is 12.8 Å². The summed E-state index contributed by atoms with van der Waals surface area (Å²) in [6.07, 6.45) is 11.7. The number of carboxylic acids is 2. The molecule has 4 heteroatoms. The highest BCUT2D eigenvalue weighted by Crippen LogP contribution is 2.23. The van der Waals surface area contributed by atoms with E-state index in [1.807, 2.05) is 0 Å². The van der Waals surface area contributed by atoms with Crippen molar-refractivity contribution in [2.45, 2.75) is 119 Å². The van der Waals surface area contributed by atoms with Crippen molar-refractivity contribution in [2.75, 3.05) is 0 Å². The molecular weight excluding hydrogens is 328 g/mol. The Hall–Kier alpha value is -1.06. The molecule has 0 aliphatic rings. The Morgan fingerprint density at radius 3 is 1.12 bits per heavy atom. The molecule has 26 heavy (non-hydrogen) atoms. The molecule has 0 radical (unpaired) electrons. The smallest absolute Gasteiger partial charge is 0.303 e. The zero-order chi connectivity index (χ0) is 20.6. The van der Waals surface area contributed by atoms with Crippen molar-refractivity contribution >= 4 is 11.9 Å². The van der Waals surface area contributed by atoms with Gasteiger partial charge < -0.3 is 10.2 Å². The van der Waals surface area contributed by atoms with Crippen molar-refractivity contribution in [1.29, 1.82) is 0 Å². The van der Waals surface area contributed by atoms with Gasteiger partial charge in [0.15, 0.2) is 0 Å². The summed E-state index contributed by atoms with van der Waals surface area (Å²) in [5.41, 5.74) is 0.838. The average Bonchev–Trinajstić information content (AvgIpc) is 2.43. The molecule has 0 aromatic rings. The molecule has 0 saturated heterocycles. The molecule has 0 aromatic carbocycles. The van der Waals surface area contributed by atoms with Crippen LogP contribution >= 0.6 is 0 Å². The Morgan fingerprint density at radius 2 is 0.808 bits per heavy atom. The summed E-state index contributed by atoms with van der Waals surface area (Å²) in [6, 6.07) is 0. The monoisotopic (exact) mass is 372 g/mol. The minimum atomic E-state index is -0.675. The molecule has 0 heterocycles. The normalized spacial score (nSPS) is 11.6. The van der Waals surface area contributed by atoms with E-state index in [1.54, 1.807) is 0 Å². The van der Waals surface area contributed by atoms with Gasteiger partial charge in [0.2, 0.25) is 0 Å². The summed E-state index contributed by atoms with van der Waals surface area (Å²) in [5, 5.41) is 16.8. The lowest BCUT2D eigenvalue weighted by Crippen LogP contribution is -2.04. The number of unbranched alkanes of at least 4 members (excludes halogenated alkanes) is 6. The van der Waals surface area contributed by atoms with E-state index in [-0.39, 0.29) is 0 Å². The Bertz CT molecular complexity index is 361. The maximum Gasteiger partial charge on any atom is 0.303 e. The molecule has 0 rings (SSSR count). The Balaban J connectivity index is 0. The number of aliphatic carboxylic acids is 2. The fourth-order valence-corrected chi connectivity index (χ4v) is 2.57. The molecule has 2 N–H and O–H groups in total. The fraction of sp³-hybridized carbons (Fsp3) is 0.909. The van der Waals surface area contributed by atoms with Crippen molar-refractivity contribution in [3.05, 3.63) is 0 Å². The number of carboxylic acid groups (broad SMARTS) is 2. The zero-order valence-corrected chi connectivity index (χ0v) is 18.2. The quantitative estimate of drug-likeness (QED) is 0.365. The van der Waals surface area contributed by atoms with Gasteiger partial charge in [0.1, 0.15) is 0 Å².